The second kappa shape index (κ2) is 6.59. The van der Waals surface area contributed by atoms with Gasteiger partial charge in [-0.1, -0.05) is 0 Å². The summed E-state index contributed by atoms with van der Waals surface area (Å²) >= 11 is 0. The molecule has 2 aliphatic rings. The van der Waals surface area contributed by atoms with Crippen LogP contribution in [0.2, 0.25) is 0 Å². The third kappa shape index (κ3) is 2.69. The molecule has 1 fully saturated rings. The molecule has 1 aliphatic carbocycles. The standard InChI is InChI=1S/C18H24N6O2/c1-3-24-14(25)9-11(16(24)17-19-7-8-23(17)2)10-20-18(26)15-12-5-4-6-13(12)21-22-15/h7-8,11,16H,3-6,9-10H2,1-2H3,(H,20,26)(H,21,22)/t11-,16+/m0/s1. The highest BCUT2D eigenvalue weighted by Crippen LogP contribution is 2.36. The van der Waals surface area contributed by atoms with Gasteiger partial charge in [-0.2, -0.15) is 5.10 Å². The van der Waals surface area contributed by atoms with Crippen molar-refractivity contribution in [2.75, 3.05) is 13.1 Å². The summed E-state index contributed by atoms with van der Waals surface area (Å²) in [6.45, 7) is 3.04. The maximum atomic E-state index is 12.6. The molecule has 0 aromatic carbocycles. The number of aromatic nitrogens is 4. The fraction of sp³-hybridized carbons (Fsp3) is 0.556. The lowest BCUT2D eigenvalue weighted by molar-refractivity contribution is -0.128. The average Bonchev–Trinajstić information content (AvgIpc) is 3.36. The van der Waals surface area contributed by atoms with Crippen LogP contribution in [0.15, 0.2) is 12.4 Å². The van der Waals surface area contributed by atoms with Crippen LogP contribution in [-0.4, -0.2) is 49.6 Å². The molecule has 2 atom stereocenters. The first-order chi connectivity index (χ1) is 12.6. The van der Waals surface area contributed by atoms with E-state index >= 15 is 0 Å². The first-order valence-electron chi connectivity index (χ1n) is 9.21. The van der Waals surface area contributed by atoms with E-state index in [0.29, 0.717) is 25.2 Å². The number of hydrogen-bond donors (Lipinski definition) is 2. The Morgan fingerprint density at radius 1 is 1.42 bits per heavy atom. The van der Waals surface area contributed by atoms with Gasteiger partial charge < -0.3 is 14.8 Å². The quantitative estimate of drug-likeness (QED) is 0.834. The molecule has 26 heavy (non-hydrogen) atoms. The van der Waals surface area contributed by atoms with E-state index in [2.05, 4.69) is 20.5 Å². The number of carbonyl (C=O) groups excluding carboxylic acids is 2. The average molecular weight is 356 g/mol. The Bertz CT molecular complexity index is 839. The van der Waals surface area contributed by atoms with Crippen LogP contribution in [0.5, 0.6) is 0 Å². The van der Waals surface area contributed by atoms with E-state index in [1.54, 1.807) is 6.20 Å². The minimum atomic E-state index is -0.162. The smallest absolute Gasteiger partial charge is 0.272 e. The number of H-pyrrole nitrogens is 1. The molecule has 0 spiro atoms. The number of nitrogens with zero attached hydrogens (tertiary/aromatic N) is 4. The Morgan fingerprint density at radius 3 is 3.00 bits per heavy atom. The zero-order valence-electron chi connectivity index (χ0n) is 15.2. The Hall–Kier alpha value is -2.64. The van der Waals surface area contributed by atoms with Crippen LogP contribution in [-0.2, 0) is 24.7 Å². The van der Waals surface area contributed by atoms with Crippen LogP contribution in [0.25, 0.3) is 0 Å². The highest BCUT2D eigenvalue weighted by molar-refractivity contribution is 5.94. The lowest BCUT2D eigenvalue weighted by atomic mass is 9.99. The van der Waals surface area contributed by atoms with E-state index in [9.17, 15) is 9.59 Å². The number of amides is 2. The molecule has 138 valence electrons. The number of nitrogens with one attached hydrogen (secondary N) is 2. The first-order valence-corrected chi connectivity index (χ1v) is 9.21. The molecule has 0 bridgehead atoms. The third-order valence-electron chi connectivity index (χ3n) is 5.55. The number of aromatic amines is 1. The summed E-state index contributed by atoms with van der Waals surface area (Å²) in [5.41, 5.74) is 2.62. The van der Waals surface area contributed by atoms with Gasteiger partial charge in [-0.05, 0) is 26.2 Å². The van der Waals surface area contributed by atoms with Crippen LogP contribution >= 0.6 is 0 Å². The van der Waals surface area contributed by atoms with E-state index in [1.165, 1.54) is 0 Å². The minimum Gasteiger partial charge on any atom is -0.350 e. The maximum absolute atomic E-state index is 12.6. The van der Waals surface area contributed by atoms with Gasteiger partial charge in [0.25, 0.3) is 5.91 Å². The Labute approximate surface area is 152 Å². The molecular formula is C18H24N6O2. The molecule has 2 amide bonds. The summed E-state index contributed by atoms with van der Waals surface area (Å²) in [7, 11) is 1.93. The molecule has 3 heterocycles. The number of likely N-dealkylation sites (tertiary alicyclic amines) is 1. The van der Waals surface area contributed by atoms with E-state index in [4.69, 9.17) is 0 Å². The summed E-state index contributed by atoms with van der Waals surface area (Å²) in [6, 6.07) is -0.113. The van der Waals surface area contributed by atoms with Crippen molar-refractivity contribution in [3.8, 4) is 0 Å². The van der Waals surface area contributed by atoms with Crippen LogP contribution in [0.4, 0.5) is 0 Å². The van der Waals surface area contributed by atoms with Gasteiger partial charge in [0.2, 0.25) is 5.91 Å². The Morgan fingerprint density at radius 2 is 2.27 bits per heavy atom. The van der Waals surface area contributed by atoms with Gasteiger partial charge in [-0.3, -0.25) is 14.7 Å². The molecule has 1 aliphatic heterocycles. The van der Waals surface area contributed by atoms with E-state index in [-0.39, 0.29) is 23.8 Å². The second-order valence-electron chi connectivity index (χ2n) is 7.08. The van der Waals surface area contributed by atoms with Gasteiger partial charge in [-0.25, -0.2) is 4.98 Å². The topological polar surface area (TPSA) is 95.9 Å². The van der Waals surface area contributed by atoms with Crippen molar-refractivity contribution in [1.82, 2.24) is 30.0 Å². The molecule has 8 heteroatoms. The summed E-state index contributed by atoms with van der Waals surface area (Å²) in [4.78, 5) is 31.3. The van der Waals surface area contributed by atoms with Crippen LogP contribution in [0.3, 0.4) is 0 Å². The molecule has 2 aromatic heterocycles. The first kappa shape index (κ1) is 16.8. The zero-order chi connectivity index (χ0) is 18.3. The van der Waals surface area contributed by atoms with Gasteiger partial charge in [0.15, 0.2) is 5.69 Å². The highest BCUT2D eigenvalue weighted by Gasteiger charge is 2.42. The number of fused-ring (bicyclic) bond motifs is 1. The fourth-order valence-electron chi connectivity index (χ4n) is 4.25. The molecule has 2 aromatic rings. The molecule has 8 nitrogen and oxygen atoms in total. The predicted molar refractivity (Wildman–Crippen MR) is 94.4 cm³/mol. The molecule has 0 unspecified atom stereocenters. The summed E-state index contributed by atoms with van der Waals surface area (Å²) in [5, 5.41) is 10.1. The lowest BCUT2D eigenvalue weighted by Gasteiger charge is -2.27. The highest BCUT2D eigenvalue weighted by atomic mass is 16.2. The number of aryl methyl sites for hydroxylation is 2. The Kier molecular flexibility index (Phi) is 4.26. The van der Waals surface area contributed by atoms with Crippen molar-refractivity contribution in [3.63, 3.8) is 0 Å². The van der Waals surface area contributed by atoms with Crippen molar-refractivity contribution >= 4 is 11.8 Å². The SMILES string of the molecule is CCN1C(=O)C[C@@H](CNC(=O)c2n[nH]c3c2CCC3)[C@@H]1c1nccn1C. The molecule has 0 saturated carbocycles. The van der Waals surface area contributed by atoms with Gasteiger partial charge in [0, 0.05) is 56.1 Å². The van der Waals surface area contributed by atoms with Crippen molar-refractivity contribution in [1.29, 1.82) is 0 Å². The fourth-order valence-corrected chi connectivity index (χ4v) is 4.25. The number of carbonyl (C=O) groups is 2. The summed E-state index contributed by atoms with van der Waals surface area (Å²) in [5.74, 6) is 0.808. The van der Waals surface area contributed by atoms with Gasteiger partial charge >= 0.3 is 0 Å². The van der Waals surface area contributed by atoms with Crippen molar-refractivity contribution in [3.05, 3.63) is 35.2 Å². The van der Waals surface area contributed by atoms with E-state index in [1.807, 2.05) is 29.6 Å². The van der Waals surface area contributed by atoms with E-state index in [0.717, 1.165) is 36.3 Å². The molecular weight excluding hydrogens is 332 g/mol. The van der Waals surface area contributed by atoms with Gasteiger partial charge in [-0.15, -0.1) is 0 Å². The normalized spacial score (nSPS) is 22.1. The Balaban J connectivity index is 1.50. The van der Waals surface area contributed by atoms with E-state index < -0.39 is 0 Å². The third-order valence-corrected chi connectivity index (χ3v) is 5.55. The molecule has 1 saturated heterocycles. The largest absolute Gasteiger partial charge is 0.350 e. The van der Waals surface area contributed by atoms with Gasteiger partial charge in [0.1, 0.15) is 5.82 Å². The lowest BCUT2D eigenvalue weighted by Crippen LogP contribution is -2.35. The number of imidazole rings is 1. The summed E-state index contributed by atoms with van der Waals surface area (Å²) < 4.78 is 1.95. The monoisotopic (exact) mass is 356 g/mol. The van der Waals surface area contributed by atoms with Crippen LogP contribution in [0, 0.1) is 5.92 Å². The number of rotatable bonds is 5. The minimum absolute atomic E-state index is 0.000472. The van der Waals surface area contributed by atoms with Crippen molar-refractivity contribution in [2.24, 2.45) is 13.0 Å². The van der Waals surface area contributed by atoms with Crippen molar-refractivity contribution in [2.45, 2.75) is 38.6 Å². The second-order valence-corrected chi connectivity index (χ2v) is 7.08. The summed E-state index contributed by atoms with van der Waals surface area (Å²) in [6.07, 6.45) is 6.97. The molecule has 2 N–H and O–H groups in total. The molecule has 0 radical (unpaired) electrons. The maximum Gasteiger partial charge on any atom is 0.272 e. The number of hydrogen-bond acceptors (Lipinski definition) is 4. The van der Waals surface area contributed by atoms with Crippen LogP contribution < -0.4 is 5.32 Å². The van der Waals surface area contributed by atoms with Crippen LogP contribution in [0.1, 0.15) is 53.4 Å². The zero-order valence-corrected chi connectivity index (χ0v) is 15.2. The van der Waals surface area contributed by atoms with Gasteiger partial charge in [0.05, 0.1) is 6.04 Å². The van der Waals surface area contributed by atoms with Crippen molar-refractivity contribution < 1.29 is 9.59 Å². The predicted octanol–water partition coefficient (Wildman–Crippen LogP) is 0.971. The molecule has 4 rings (SSSR count).